The van der Waals surface area contributed by atoms with Gasteiger partial charge in [0.1, 0.15) is 5.75 Å². The first-order valence-electron chi connectivity index (χ1n) is 8.71. The number of ether oxygens (including phenoxy) is 1. The number of methoxy groups -OCH3 is 1. The summed E-state index contributed by atoms with van der Waals surface area (Å²) in [6.45, 7) is 4.70. The van der Waals surface area contributed by atoms with E-state index in [0.29, 0.717) is 12.5 Å². The molecule has 26 heavy (non-hydrogen) atoms. The molecule has 5 nitrogen and oxygen atoms in total. The molecule has 0 radical (unpaired) electrons. The van der Waals surface area contributed by atoms with Crippen molar-refractivity contribution in [2.75, 3.05) is 27.2 Å². The highest BCUT2D eigenvalue weighted by Crippen LogP contribution is 2.28. The average Bonchev–Trinajstić information content (AvgIpc) is 3.12. The maximum absolute atomic E-state index is 5.25. The first kappa shape index (κ1) is 20.5. The van der Waals surface area contributed by atoms with Gasteiger partial charge >= 0.3 is 0 Å². The molecule has 0 amide bonds. The topological polar surface area (TPSA) is 49.8 Å². The van der Waals surface area contributed by atoms with Crippen LogP contribution in [0, 0.1) is 6.92 Å². The van der Waals surface area contributed by atoms with Crippen LogP contribution in [-0.4, -0.2) is 43.1 Å². The molecule has 0 aliphatic carbocycles. The van der Waals surface area contributed by atoms with Crippen molar-refractivity contribution in [2.45, 2.75) is 25.8 Å². The number of pyridine rings is 1. The third kappa shape index (κ3) is 5.09. The molecule has 2 heterocycles. The van der Waals surface area contributed by atoms with Crippen LogP contribution >= 0.6 is 24.0 Å². The minimum absolute atomic E-state index is 0. The lowest BCUT2D eigenvalue weighted by molar-refractivity contribution is 0.414. The normalized spacial score (nSPS) is 17.0. The molecule has 140 valence electrons. The predicted molar refractivity (Wildman–Crippen MR) is 117 cm³/mol. The zero-order chi connectivity index (χ0) is 17.6. The third-order valence-electron chi connectivity index (χ3n) is 4.66. The number of aryl methyl sites for hydroxylation is 1. The molecule has 2 aromatic rings. The van der Waals surface area contributed by atoms with Gasteiger partial charge in [0.2, 0.25) is 0 Å². The lowest BCUT2D eigenvalue weighted by atomic mass is 9.98. The number of aromatic nitrogens is 1. The summed E-state index contributed by atoms with van der Waals surface area (Å²) >= 11 is 0. The van der Waals surface area contributed by atoms with Crippen molar-refractivity contribution in [1.82, 2.24) is 15.2 Å². The Morgan fingerprint density at radius 1 is 1.27 bits per heavy atom. The number of hydrogen-bond acceptors (Lipinski definition) is 3. The van der Waals surface area contributed by atoms with Crippen LogP contribution in [0.1, 0.15) is 29.3 Å². The number of nitrogens with zero attached hydrogens (tertiary/aromatic N) is 3. The second-order valence-electron chi connectivity index (χ2n) is 6.38. The van der Waals surface area contributed by atoms with Crippen molar-refractivity contribution in [3.63, 3.8) is 0 Å². The minimum Gasteiger partial charge on any atom is -0.497 e. The molecule has 1 aliphatic rings. The summed E-state index contributed by atoms with van der Waals surface area (Å²) in [7, 11) is 3.54. The maximum Gasteiger partial charge on any atom is 0.193 e. The number of aliphatic imine (C=N–C) groups is 1. The number of guanidine groups is 1. The summed E-state index contributed by atoms with van der Waals surface area (Å²) in [6.07, 6.45) is 1.13. The molecule has 3 rings (SSSR count). The molecule has 1 unspecified atom stereocenters. The Morgan fingerprint density at radius 2 is 2.04 bits per heavy atom. The molecule has 0 spiro atoms. The zero-order valence-corrected chi connectivity index (χ0v) is 17.9. The lowest BCUT2D eigenvalue weighted by Gasteiger charge is -2.21. The van der Waals surface area contributed by atoms with E-state index in [2.05, 4.69) is 32.3 Å². The van der Waals surface area contributed by atoms with Gasteiger partial charge in [-0.25, -0.2) is 0 Å². The van der Waals surface area contributed by atoms with Crippen LogP contribution in [0.25, 0.3) is 0 Å². The van der Waals surface area contributed by atoms with Gasteiger partial charge in [-0.15, -0.1) is 24.0 Å². The van der Waals surface area contributed by atoms with Crippen molar-refractivity contribution in [1.29, 1.82) is 0 Å². The van der Waals surface area contributed by atoms with Gasteiger partial charge in [-0.2, -0.15) is 0 Å². The Bertz CT molecular complexity index is 733. The van der Waals surface area contributed by atoms with E-state index in [1.165, 1.54) is 5.56 Å². The third-order valence-corrected chi connectivity index (χ3v) is 4.66. The van der Waals surface area contributed by atoms with Gasteiger partial charge in [0.05, 0.1) is 19.3 Å². The Labute approximate surface area is 172 Å². The van der Waals surface area contributed by atoms with Crippen LogP contribution in [0.3, 0.4) is 0 Å². The molecule has 0 bridgehead atoms. The number of hydrogen-bond donors (Lipinski definition) is 1. The van der Waals surface area contributed by atoms with Gasteiger partial charge in [0.15, 0.2) is 5.96 Å². The number of likely N-dealkylation sites (tertiary alicyclic amines) is 1. The van der Waals surface area contributed by atoms with E-state index in [4.69, 9.17) is 4.74 Å². The van der Waals surface area contributed by atoms with Gasteiger partial charge in [-0.1, -0.05) is 18.2 Å². The van der Waals surface area contributed by atoms with Crippen molar-refractivity contribution in [2.24, 2.45) is 4.99 Å². The summed E-state index contributed by atoms with van der Waals surface area (Å²) in [5.41, 5.74) is 3.43. The second kappa shape index (κ2) is 9.75. The van der Waals surface area contributed by atoms with Crippen molar-refractivity contribution in [3.8, 4) is 5.75 Å². The lowest BCUT2D eigenvalue weighted by Crippen LogP contribution is -2.39. The molecular formula is C20H27IN4O. The molecule has 1 aromatic carbocycles. The molecule has 6 heteroatoms. The summed E-state index contributed by atoms with van der Waals surface area (Å²) in [6, 6.07) is 14.5. The molecule has 1 atom stereocenters. The van der Waals surface area contributed by atoms with Gasteiger partial charge in [0, 0.05) is 31.7 Å². The van der Waals surface area contributed by atoms with E-state index < -0.39 is 0 Å². The Hall–Kier alpha value is -1.83. The van der Waals surface area contributed by atoms with Crippen LogP contribution in [0.15, 0.2) is 47.5 Å². The first-order valence-corrected chi connectivity index (χ1v) is 8.71. The van der Waals surface area contributed by atoms with E-state index in [0.717, 1.165) is 42.6 Å². The van der Waals surface area contributed by atoms with E-state index >= 15 is 0 Å². The maximum atomic E-state index is 5.25. The highest BCUT2D eigenvalue weighted by molar-refractivity contribution is 14.0. The quantitative estimate of drug-likeness (QED) is 0.425. The largest absolute Gasteiger partial charge is 0.497 e. The van der Waals surface area contributed by atoms with Gasteiger partial charge < -0.3 is 15.0 Å². The number of halogens is 1. The fourth-order valence-corrected chi connectivity index (χ4v) is 3.30. The molecular weight excluding hydrogens is 439 g/mol. The van der Waals surface area contributed by atoms with Crippen molar-refractivity contribution in [3.05, 3.63) is 59.4 Å². The van der Waals surface area contributed by atoms with Crippen LogP contribution in [0.5, 0.6) is 5.75 Å². The van der Waals surface area contributed by atoms with Crippen LogP contribution < -0.4 is 10.1 Å². The second-order valence-corrected chi connectivity index (χ2v) is 6.38. The van der Waals surface area contributed by atoms with Crippen molar-refractivity contribution < 1.29 is 4.74 Å². The van der Waals surface area contributed by atoms with Gasteiger partial charge in [-0.3, -0.25) is 9.98 Å². The summed E-state index contributed by atoms with van der Waals surface area (Å²) in [5.74, 6) is 2.38. The molecule has 0 saturated carbocycles. The van der Waals surface area contributed by atoms with Crippen LogP contribution in [0.2, 0.25) is 0 Å². The Balaban J connectivity index is 0.00000243. The predicted octanol–water partition coefficient (Wildman–Crippen LogP) is 3.58. The van der Waals surface area contributed by atoms with E-state index in [-0.39, 0.29) is 24.0 Å². The fourth-order valence-electron chi connectivity index (χ4n) is 3.30. The van der Waals surface area contributed by atoms with E-state index in [1.807, 2.05) is 44.3 Å². The first-order chi connectivity index (χ1) is 12.2. The SMILES string of the molecule is CN=C(NCc1cccc(C)n1)N1CCC(c2ccc(OC)cc2)C1.I. The van der Waals surface area contributed by atoms with Crippen LogP contribution in [0.4, 0.5) is 0 Å². The highest BCUT2D eigenvalue weighted by atomic mass is 127. The van der Waals surface area contributed by atoms with Crippen LogP contribution in [-0.2, 0) is 6.54 Å². The molecule has 1 saturated heterocycles. The van der Waals surface area contributed by atoms with E-state index in [9.17, 15) is 0 Å². The minimum atomic E-state index is 0. The monoisotopic (exact) mass is 466 g/mol. The zero-order valence-electron chi connectivity index (χ0n) is 15.6. The summed E-state index contributed by atoms with van der Waals surface area (Å²) in [4.78, 5) is 11.3. The standard InChI is InChI=1S/C20H26N4O.HI/c1-15-5-4-6-18(23-15)13-22-20(21-2)24-12-11-17(14-24)16-7-9-19(25-3)10-8-16;/h4-10,17H,11-14H2,1-3H3,(H,21,22);1H. The van der Waals surface area contributed by atoms with Gasteiger partial charge in [-0.05, 0) is 43.2 Å². The van der Waals surface area contributed by atoms with Gasteiger partial charge in [0.25, 0.3) is 0 Å². The molecule has 1 aromatic heterocycles. The fraction of sp³-hybridized carbons (Fsp3) is 0.400. The molecule has 1 N–H and O–H groups in total. The molecule has 1 fully saturated rings. The summed E-state index contributed by atoms with van der Waals surface area (Å²) < 4.78 is 5.25. The Kier molecular flexibility index (Phi) is 7.68. The van der Waals surface area contributed by atoms with Crippen molar-refractivity contribution >= 4 is 29.9 Å². The smallest absolute Gasteiger partial charge is 0.193 e. The number of nitrogens with one attached hydrogen (secondary N) is 1. The highest BCUT2D eigenvalue weighted by Gasteiger charge is 2.26. The molecule has 1 aliphatic heterocycles. The van der Waals surface area contributed by atoms with E-state index in [1.54, 1.807) is 7.11 Å². The number of benzene rings is 1. The summed E-state index contributed by atoms with van der Waals surface area (Å²) in [5, 5.41) is 3.44. The number of rotatable bonds is 4. The average molecular weight is 466 g/mol. The Morgan fingerprint density at radius 3 is 2.69 bits per heavy atom.